The van der Waals surface area contributed by atoms with E-state index in [1.807, 2.05) is 30.8 Å². The van der Waals surface area contributed by atoms with Gasteiger partial charge in [0.15, 0.2) is 0 Å². The van der Waals surface area contributed by atoms with E-state index in [0.717, 1.165) is 22.0 Å². The normalized spacial score (nSPS) is 12.7. The number of rotatable bonds is 3. The van der Waals surface area contributed by atoms with Crippen molar-refractivity contribution in [2.75, 3.05) is 0 Å². The maximum atomic E-state index is 6.27. The van der Waals surface area contributed by atoms with Crippen LogP contribution in [0, 0.1) is 10.5 Å². The third-order valence-electron chi connectivity index (χ3n) is 2.98. The minimum Gasteiger partial charge on any atom is -0.324 e. The molecule has 0 fully saturated rings. The van der Waals surface area contributed by atoms with Crippen molar-refractivity contribution in [3.63, 3.8) is 0 Å². The molecule has 0 aliphatic heterocycles. The maximum Gasteiger partial charge on any atom is 0.0847 e. The first kappa shape index (κ1) is 13.8. The molecule has 0 saturated carbocycles. The van der Waals surface area contributed by atoms with E-state index in [0.29, 0.717) is 6.42 Å². The van der Waals surface area contributed by atoms with E-state index in [9.17, 15) is 0 Å². The first-order valence-electron chi connectivity index (χ1n) is 5.68. The fraction of sp³-hybridized carbons (Fsp3) is 0.308. The smallest absolute Gasteiger partial charge is 0.0847 e. The molecule has 0 radical (unpaired) electrons. The van der Waals surface area contributed by atoms with Crippen LogP contribution in [0.2, 0.25) is 5.02 Å². The molecule has 1 aromatic heterocycles. The van der Waals surface area contributed by atoms with Gasteiger partial charge in [-0.3, -0.25) is 4.68 Å². The molecule has 2 rings (SSSR count). The number of aryl methyl sites for hydroxylation is 2. The van der Waals surface area contributed by atoms with Crippen LogP contribution in [-0.4, -0.2) is 9.78 Å². The van der Waals surface area contributed by atoms with Gasteiger partial charge >= 0.3 is 0 Å². The van der Waals surface area contributed by atoms with Crippen molar-refractivity contribution in [2.24, 2.45) is 12.8 Å². The Balaban J connectivity index is 2.27. The van der Waals surface area contributed by atoms with Gasteiger partial charge in [0.25, 0.3) is 0 Å². The number of halogens is 2. The summed E-state index contributed by atoms with van der Waals surface area (Å²) in [6.45, 7) is 1.91. The molecule has 5 heteroatoms. The zero-order valence-corrected chi connectivity index (χ0v) is 13.2. The number of nitrogens with two attached hydrogens (primary N) is 1. The van der Waals surface area contributed by atoms with Crippen LogP contribution in [0.5, 0.6) is 0 Å². The van der Waals surface area contributed by atoms with Gasteiger partial charge in [-0.25, -0.2) is 0 Å². The van der Waals surface area contributed by atoms with E-state index in [2.05, 4.69) is 39.8 Å². The van der Waals surface area contributed by atoms with Crippen molar-refractivity contribution >= 4 is 34.2 Å². The molecule has 2 N–H and O–H groups in total. The molecule has 1 atom stereocenters. The highest BCUT2D eigenvalue weighted by Crippen LogP contribution is 2.26. The second-order valence-corrected chi connectivity index (χ2v) is 5.84. The Labute approximate surface area is 125 Å². The zero-order chi connectivity index (χ0) is 13.3. The second-order valence-electron chi connectivity index (χ2n) is 4.30. The Bertz CT molecular complexity index is 565. The first-order valence-corrected chi connectivity index (χ1v) is 7.14. The van der Waals surface area contributed by atoms with Crippen molar-refractivity contribution < 1.29 is 0 Å². The Morgan fingerprint density at radius 1 is 1.44 bits per heavy atom. The number of hydrogen-bond donors (Lipinski definition) is 1. The van der Waals surface area contributed by atoms with E-state index in [1.54, 1.807) is 0 Å². The molecule has 1 aromatic carbocycles. The largest absolute Gasteiger partial charge is 0.324 e. The van der Waals surface area contributed by atoms with Crippen LogP contribution in [-0.2, 0) is 13.5 Å². The van der Waals surface area contributed by atoms with Gasteiger partial charge in [-0.1, -0.05) is 29.8 Å². The van der Waals surface area contributed by atoms with Gasteiger partial charge in [0.2, 0.25) is 0 Å². The molecule has 0 bridgehead atoms. The van der Waals surface area contributed by atoms with Crippen LogP contribution in [0.3, 0.4) is 0 Å². The van der Waals surface area contributed by atoms with Crippen molar-refractivity contribution in [3.05, 3.63) is 49.8 Å². The summed E-state index contributed by atoms with van der Waals surface area (Å²) in [5.74, 6) is 0. The molecule has 0 aliphatic carbocycles. The second kappa shape index (κ2) is 5.59. The van der Waals surface area contributed by atoms with Gasteiger partial charge in [-0.05, 0) is 41.1 Å². The van der Waals surface area contributed by atoms with E-state index < -0.39 is 0 Å². The van der Waals surface area contributed by atoms with Gasteiger partial charge in [0.05, 0.1) is 16.4 Å². The van der Waals surface area contributed by atoms with Gasteiger partial charge < -0.3 is 5.73 Å². The van der Waals surface area contributed by atoms with E-state index >= 15 is 0 Å². The molecule has 3 nitrogen and oxygen atoms in total. The lowest BCUT2D eigenvalue weighted by atomic mass is 10.0. The Hall–Kier alpha value is -0.590. The van der Waals surface area contributed by atoms with Crippen LogP contribution in [0.25, 0.3) is 0 Å². The van der Waals surface area contributed by atoms with Crippen LogP contribution in [0.4, 0.5) is 0 Å². The fourth-order valence-corrected chi connectivity index (χ4v) is 3.02. The highest BCUT2D eigenvalue weighted by Gasteiger charge is 2.16. The summed E-state index contributed by atoms with van der Waals surface area (Å²) >= 11 is 8.55. The van der Waals surface area contributed by atoms with Crippen LogP contribution < -0.4 is 5.73 Å². The summed E-state index contributed by atoms with van der Waals surface area (Å²) in [6.07, 6.45) is 0.691. The fourth-order valence-electron chi connectivity index (χ4n) is 2.00. The molecule has 0 amide bonds. The van der Waals surface area contributed by atoms with Crippen molar-refractivity contribution in [3.8, 4) is 0 Å². The molecule has 96 valence electrons. The molecule has 1 heterocycles. The summed E-state index contributed by atoms with van der Waals surface area (Å²) in [4.78, 5) is 0. The number of benzene rings is 1. The molecular weight excluding hydrogens is 361 g/mol. The summed E-state index contributed by atoms with van der Waals surface area (Å²) in [5.41, 5.74) is 9.26. The lowest BCUT2D eigenvalue weighted by Gasteiger charge is -2.14. The average Bonchev–Trinajstić information content (AvgIpc) is 2.56. The molecule has 0 aliphatic rings. The van der Waals surface area contributed by atoms with Gasteiger partial charge in [0, 0.05) is 23.1 Å². The monoisotopic (exact) mass is 375 g/mol. The van der Waals surface area contributed by atoms with Crippen molar-refractivity contribution in [1.29, 1.82) is 0 Å². The van der Waals surface area contributed by atoms with E-state index in [1.165, 1.54) is 3.57 Å². The van der Waals surface area contributed by atoms with Crippen molar-refractivity contribution in [2.45, 2.75) is 19.4 Å². The third-order valence-corrected chi connectivity index (χ3v) is 4.45. The van der Waals surface area contributed by atoms with Crippen molar-refractivity contribution in [1.82, 2.24) is 9.78 Å². The lowest BCUT2D eigenvalue weighted by molar-refractivity contribution is 0.638. The molecule has 1 unspecified atom stereocenters. The summed E-state index contributed by atoms with van der Waals surface area (Å²) < 4.78 is 2.99. The lowest BCUT2D eigenvalue weighted by Crippen LogP contribution is -2.16. The highest BCUT2D eigenvalue weighted by molar-refractivity contribution is 14.1. The third kappa shape index (κ3) is 2.70. The predicted molar refractivity (Wildman–Crippen MR) is 82.7 cm³/mol. The van der Waals surface area contributed by atoms with E-state index in [-0.39, 0.29) is 6.04 Å². The summed E-state index contributed by atoms with van der Waals surface area (Å²) in [6, 6.07) is 8.08. The van der Waals surface area contributed by atoms with Crippen LogP contribution in [0.1, 0.15) is 23.0 Å². The maximum absolute atomic E-state index is 6.27. The predicted octanol–water partition coefficient (Wildman–Crippen LogP) is 3.23. The van der Waals surface area contributed by atoms with Gasteiger partial charge in [-0.2, -0.15) is 5.10 Å². The highest BCUT2D eigenvalue weighted by atomic mass is 127. The number of nitrogens with zero attached hydrogens (tertiary/aromatic N) is 2. The Morgan fingerprint density at radius 2 is 2.11 bits per heavy atom. The molecule has 2 aromatic rings. The molecule has 0 saturated heterocycles. The standard InChI is InChI=1S/C13H15ClIN3/c1-8-13(14)12(18(2)17-8)7-11(16)9-5-3-4-6-10(9)15/h3-6,11H,7,16H2,1-2H3. The average molecular weight is 376 g/mol. The summed E-state index contributed by atoms with van der Waals surface area (Å²) in [7, 11) is 1.90. The summed E-state index contributed by atoms with van der Waals surface area (Å²) in [5, 5.41) is 5.03. The first-order chi connectivity index (χ1) is 8.50. The molecule has 18 heavy (non-hydrogen) atoms. The van der Waals surface area contributed by atoms with Gasteiger partial charge in [-0.15, -0.1) is 0 Å². The SMILES string of the molecule is Cc1nn(C)c(CC(N)c2ccccc2I)c1Cl. The van der Waals surface area contributed by atoms with E-state index in [4.69, 9.17) is 17.3 Å². The molecule has 0 spiro atoms. The minimum absolute atomic E-state index is 0.0644. The quantitative estimate of drug-likeness (QED) is 0.837. The van der Waals surface area contributed by atoms with Gasteiger partial charge in [0.1, 0.15) is 0 Å². The number of hydrogen-bond acceptors (Lipinski definition) is 2. The topological polar surface area (TPSA) is 43.8 Å². The number of aromatic nitrogens is 2. The Morgan fingerprint density at radius 3 is 2.67 bits per heavy atom. The zero-order valence-electron chi connectivity index (χ0n) is 10.3. The molecular formula is C13H15ClIN3. The Kier molecular flexibility index (Phi) is 4.29. The van der Waals surface area contributed by atoms with Crippen LogP contribution >= 0.6 is 34.2 Å². The minimum atomic E-state index is -0.0644. The van der Waals surface area contributed by atoms with Crippen LogP contribution in [0.15, 0.2) is 24.3 Å².